The van der Waals surface area contributed by atoms with Crippen molar-refractivity contribution in [2.45, 2.75) is 75.1 Å². The zero-order valence-corrected chi connectivity index (χ0v) is 16.1. The summed E-state index contributed by atoms with van der Waals surface area (Å²) in [5.74, 6) is 1.31. The number of hydrogen-bond donors (Lipinski definition) is 2. The third-order valence-corrected chi connectivity index (χ3v) is 8.09. The molecule has 3 N–H and O–H groups in total. The molecule has 3 aliphatic rings. The van der Waals surface area contributed by atoms with Gasteiger partial charge in [0.1, 0.15) is 9.84 Å². The van der Waals surface area contributed by atoms with Crippen LogP contribution in [0.25, 0.3) is 0 Å². The third-order valence-electron chi connectivity index (χ3n) is 6.41. The van der Waals surface area contributed by atoms with E-state index in [4.69, 9.17) is 5.73 Å². The van der Waals surface area contributed by atoms with E-state index in [9.17, 15) is 13.2 Å². The minimum absolute atomic E-state index is 0. The smallest absolute Gasteiger partial charge is 0.223 e. The molecule has 0 aromatic carbocycles. The fraction of sp³-hybridized carbons (Fsp3) is 0.941. The number of amides is 1. The number of hydrogen-bond acceptors (Lipinski definition) is 4. The summed E-state index contributed by atoms with van der Waals surface area (Å²) in [6.07, 6.45) is 9.68. The fourth-order valence-electron chi connectivity index (χ4n) is 4.96. The molecule has 2 atom stereocenters. The Kier molecular flexibility index (Phi) is 6.59. The Hall–Kier alpha value is -0.330. The molecule has 0 saturated heterocycles. The van der Waals surface area contributed by atoms with Gasteiger partial charge in [0.15, 0.2) is 0 Å². The van der Waals surface area contributed by atoms with Crippen LogP contribution in [-0.4, -0.2) is 37.9 Å². The molecule has 140 valence electrons. The molecule has 3 rings (SSSR count). The number of carbonyl (C=O) groups excluding carboxylic acids is 1. The average molecular weight is 379 g/mol. The van der Waals surface area contributed by atoms with Crippen LogP contribution >= 0.6 is 12.4 Å². The number of sulfone groups is 1. The van der Waals surface area contributed by atoms with E-state index in [0.717, 1.165) is 25.7 Å². The molecule has 0 aromatic heterocycles. The van der Waals surface area contributed by atoms with E-state index >= 15 is 0 Å². The number of halogens is 1. The minimum Gasteiger partial charge on any atom is -0.353 e. The summed E-state index contributed by atoms with van der Waals surface area (Å²) in [4.78, 5) is 12.6. The third kappa shape index (κ3) is 4.44. The SMILES string of the molecule is CS(=O)(=O)C1CCC(NC(=O)C2CC3CCCC(C2)C3N)CC1.Cl. The summed E-state index contributed by atoms with van der Waals surface area (Å²) in [6.45, 7) is 0. The van der Waals surface area contributed by atoms with Gasteiger partial charge in [-0.15, -0.1) is 12.4 Å². The highest BCUT2D eigenvalue weighted by Crippen LogP contribution is 2.42. The lowest BCUT2D eigenvalue weighted by molar-refractivity contribution is -0.128. The molecule has 3 aliphatic carbocycles. The largest absolute Gasteiger partial charge is 0.353 e. The second-order valence-electron chi connectivity index (χ2n) is 8.01. The molecule has 3 fully saturated rings. The number of carbonyl (C=O) groups is 1. The highest BCUT2D eigenvalue weighted by atomic mass is 35.5. The first-order valence-electron chi connectivity index (χ1n) is 9.09. The van der Waals surface area contributed by atoms with Crippen molar-refractivity contribution >= 4 is 28.2 Å². The van der Waals surface area contributed by atoms with Crippen molar-refractivity contribution < 1.29 is 13.2 Å². The van der Waals surface area contributed by atoms with Crippen molar-refractivity contribution in [3.63, 3.8) is 0 Å². The second kappa shape index (κ2) is 7.92. The Morgan fingerprint density at radius 1 is 1.00 bits per heavy atom. The van der Waals surface area contributed by atoms with E-state index in [1.54, 1.807) is 0 Å². The Balaban J connectivity index is 0.00000208. The lowest BCUT2D eigenvalue weighted by atomic mass is 9.65. The lowest BCUT2D eigenvalue weighted by Gasteiger charge is -2.44. The Morgan fingerprint density at radius 3 is 2.04 bits per heavy atom. The standard InChI is InChI=1S/C17H30N2O3S.ClH/c1-23(21,22)15-7-5-14(6-8-15)19-17(20)13-9-11-3-2-4-12(10-13)16(11)18;/h11-16H,2-10,18H2,1H3,(H,19,20);1H. The fourth-order valence-corrected chi connectivity index (χ4v) is 6.09. The molecule has 24 heavy (non-hydrogen) atoms. The molecule has 1 amide bonds. The van der Waals surface area contributed by atoms with E-state index in [2.05, 4.69) is 5.32 Å². The Bertz CT molecular complexity index is 532. The van der Waals surface area contributed by atoms with Gasteiger partial charge in [0.05, 0.1) is 5.25 Å². The van der Waals surface area contributed by atoms with Gasteiger partial charge in [0.25, 0.3) is 0 Å². The van der Waals surface area contributed by atoms with Gasteiger partial charge in [-0.2, -0.15) is 0 Å². The van der Waals surface area contributed by atoms with Crippen LogP contribution < -0.4 is 11.1 Å². The van der Waals surface area contributed by atoms with Crippen LogP contribution in [0, 0.1) is 17.8 Å². The van der Waals surface area contributed by atoms with Crippen molar-refractivity contribution in [3.8, 4) is 0 Å². The van der Waals surface area contributed by atoms with Crippen molar-refractivity contribution in [1.29, 1.82) is 0 Å². The molecule has 7 heteroatoms. The second-order valence-corrected chi connectivity index (χ2v) is 10.3. The molecule has 0 aromatic rings. The maximum atomic E-state index is 12.6. The summed E-state index contributed by atoms with van der Waals surface area (Å²) in [6, 6.07) is 0.439. The van der Waals surface area contributed by atoms with Gasteiger partial charge < -0.3 is 11.1 Å². The number of fused-ring (bicyclic) bond motifs is 2. The zero-order chi connectivity index (χ0) is 16.6. The monoisotopic (exact) mass is 378 g/mol. The molecule has 2 unspecified atom stereocenters. The molecule has 3 saturated carbocycles. The molecule has 0 radical (unpaired) electrons. The van der Waals surface area contributed by atoms with Gasteiger partial charge in [-0.3, -0.25) is 4.79 Å². The molecule has 0 spiro atoms. The first-order valence-corrected chi connectivity index (χ1v) is 11.0. The first-order chi connectivity index (χ1) is 10.8. The minimum atomic E-state index is -2.94. The van der Waals surface area contributed by atoms with Crippen molar-refractivity contribution in [2.75, 3.05) is 6.26 Å². The number of nitrogens with one attached hydrogen (secondary N) is 1. The molecule has 2 bridgehead atoms. The highest BCUT2D eigenvalue weighted by molar-refractivity contribution is 7.91. The molecule has 0 heterocycles. The Labute approximate surface area is 151 Å². The predicted octanol–water partition coefficient (Wildman–Crippen LogP) is 2.03. The van der Waals surface area contributed by atoms with Gasteiger partial charge >= 0.3 is 0 Å². The van der Waals surface area contributed by atoms with Crippen molar-refractivity contribution in [2.24, 2.45) is 23.5 Å². The van der Waals surface area contributed by atoms with Crippen LogP contribution in [0.5, 0.6) is 0 Å². The maximum absolute atomic E-state index is 12.6. The summed E-state index contributed by atoms with van der Waals surface area (Å²) in [5, 5.41) is 2.97. The van der Waals surface area contributed by atoms with Crippen LogP contribution in [0.1, 0.15) is 57.8 Å². The van der Waals surface area contributed by atoms with E-state index in [0.29, 0.717) is 24.7 Å². The first kappa shape index (κ1) is 20.0. The van der Waals surface area contributed by atoms with Crippen LogP contribution in [0.15, 0.2) is 0 Å². The average Bonchev–Trinajstić information content (AvgIpc) is 2.46. The van der Waals surface area contributed by atoms with Gasteiger partial charge in [0, 0.05) is 24.3 Å². The maximum Gasteiger partial charge on any atom is 0.223 e. The van der Waals surface area contributed by atoms with E-state index < -0.39 is 9.84 Å². The van der Waals surface area contributed by atoms with Crippen LogP contribution in [0.3, 0.4) is 0 Å². The van der Waals surface area contributed by atoms with Gasteiger partial charge in [-0.05, 0) is 63.2 Å². The molecular weight excluding hydrogens is 348 g/mol. The normalized spacial score (nSPS) is 39.6. The van der Waals surface area contributed by atoms with E-state index in [-0.39, 0.29) is 41.6 Å². The predicted molar refractivity (Wildman–Crippen MR) is 97.8 cm³/mol. The zero-order valence-electron chi connectivity index (χ0n) is 14.4. The molecule has 5 nitrogen and oxygen atoms in total. The summed E-state index contributed by atoms with van der Waals surface area (Å²) >= 11 is 0. The van der Waals surface area contributed by atoms with Crippen LogP contribution in [-0.2, 0) is 14.6 Å². The van der Waals surface area contributed by atoms with Crippen LogP contribution in [0.2, 0.25) is 0 Å². The quantitative estimate of drug-likeness (QED) is 0.786. The topological polar surface area (TPSA) is 89.3 Å². The van der Waals surface area contributed by atoms with Gasteiger partial charge in [-0.1, -0.05) is 6.42 Å². The number of rotatable bonds is 3. The summed E-state index contributed by atoms with van der Waals surface area (Å²) in [7, 11) is -2.94. The van der Waals surface area contributed by atoms with Gasteiger partial charge in [-0.25, -0.2) is 8.42 Å². The summed E-state index contributed by atoms with van der Waals surface area (Å²) < 4.78 is 23.2. The van der Waals surface area contributed by atoms with Crippen molar-refractivity contribution in [1.82, 2.24) is 5.32 Å². The van der Waals surface area contributed by atoms with Crippen LogP contribution in [0.4, 0.5) is 0 Å². The van der Waals surface area contributed by atoms with E-state index in [1.807, 2.05) is 0 Å². The van der Waals surface area contributed by atoms with E-state index in [1.165, 1.54) is 25.5 Å². The number of nitrogens with two attached hydrogens (primary N) is 1. The molecule has 0 aliphatic heterocycles. The van der Waals surface area contributed by atoms with Crippen molar-refractivity contribution in [3.05, 3.63) is 0 Å². The van der Waals surface area contributed by atoms with Gasteiger partial charge in [0.2, 0.25) is 5.91 Å². The Morgan fingerprint density at radius 2 is 1.54 bits per heavy atom. The molecular formula is C17H31ClN2O3S. The highest BCUT2D eigenvalue weighted by Gasteiger charge is 2.41. The summed E-state index contributed by atoms with van der Waals surface area (Å²) in [5.41, 5.74) is 6.30. The lowest BCUT2D eigenvalue weighted by Crippen LogP contribution is -2.50.